The predicted octanol–water partition coefficient (Wildman–Crippen LogP) is 3.49. The monoisotopic (exact) mass is 426 g/mol. The molecule has 0 aliphatic carbocycles. The van der Waals surface area contributed by atoms with Crippen molar-refractivity contribution in [2.24, 2.45) is 5.92 Å². The van der Waals surface area contributed by atoms with Crippen LogP contribution in [0.2, 0.25) is 0 Å². The minimum absolute atomic E-state index is 0.0679. The van der Waals surface area contributed by atoms with Gasteiger partial charge >= 0.3 is 0 Å². The maximum Gasteiger partial charge on any atom is 0.247 e. The zero-order valence-corrected chi connectivity index (χ0v) is 15.7. The van der Waals surface area contributed by atoms with E-state index in [1.165, 1.54) is 6.39 Å². The summed E-state index contributed by atoms with van der Waals surface area (Å²) in [4.78, 5) is 26.7. The zero-order chi connectivity index (χ0) is 18.8. The Labute approximate surface area is 163 Å². The van der Waals surface area contributed by atoms with Crippen LogP contribution in [0.25, 0.3) is 11.5 Å². The van der Waals surface area contributed by atoms with Crippen molar-refractivity contribution in [1.82, 2.24) is 10.2 Å². The molecule has 3 aromatic rings. The molecule has 1 aliphatic rings. The average molecular weight is 427 g/mol. The molecule has 1 saturated heterocycles. The molecule has 0 saturated carbocycles. The lowest BCUT2D eigenvalue weighted by molar-refractivity contribution is -0.122. The van der Waals surface area contributed by atoms with Crippen LogP contribution in [0, 0.1) is 5.92 Å². The third-order valence-corrected chi connectivity index (χ3v) is 5.05. The van der Waals surface area contributed by atoms with Gasteiger partial charge in [0, 0.05) is 28.7 Å². The molecular formula is C19H15BrN4O3. The largest absolute Gasteiger partial charge is 0.423 e. The van der Waals surface area contributed by atoms with Gasteiger partial charge in [0.15, 0.2) is 0 Å². The summed E-state index contributed by atoms with van der Waals surface area (Å²) in [5, 5.41) is 10.4. The van der Waals surface area contributed by atoms with Crippen LogP contribution < -0.4 is 10.2 Å². The summed E-state index contributed by atoms with van der Waals surface area (Å²) in [5.74, 6) is -0.304. The Hall–Kier alpha value is -3.00. The number of halogens is 1. The van der Waals surface area contributed by atoms with E-state index in [1.54, 1.807) is 23.1 Å². The topological polar surface area (TPSA) is 88.3 Å². The highest BCUT2D eigenvalue weighted by atomic mass is 79.9. The second-order valence-corrected chi connectivity index (χ2v) is 7.03. The van der Waals surface area contributed by atoms with E-state index < -0.39 is 5.92 Å². The molecular weight excluding hydrogens is 412 g/mol. The number of hydrogen-bond acceptors (Lipinski definition) is 5. The molecule has 136 valence electrons. The van der Waals surface area contributed by atoms with Crippen LogP contribution in [0.5, 0.6) is 0 Å². The number of para-hydroxylation sites is 1. The first-order valence-electron chi connectivity index (χ1n) is 8.34. The fourth-order valence-corrected chi connectivity index (χ4v) is 3.56. The molecule has 1 N–H and O–H groups in total. The van der Waals surface area contributed by atoms with Gasteiger partial charge in [-0.2, -0.15) is 0 Å². The minimum Gasteiger partial charge on any atom is -0.423 e. The van der Waals surface area contributed by atoms with E-state index in [4.69, 9.17) is 4.42 Å². The van der Waals surface area contributed by atoms with Crippen molar-refractivity contribution in [2.45, 2.75) is 6.42 Å². The summed E-state index contributed by atoms with van der Waals surface area (Å²) < 4.78 is 6.00. The van der Waals surface area contributed by atoms with Crippen LogP contribution >= 0.6 is 15.9 Å². The number of carbonyl (C=O) groups is 2. The number of benzene rings is 2. The summed E-state index contributed by atoms with van der Waals surface area (Å²) in [5.41, 5.74) is 2.10. The lowest BCUT2D eigenvalue weighted by Gasteiger charge is -2.18. The van der Waals surface area contributed by atoms with Crippen molar-refractivity contribution in [3.63, 3.8) is 0 Å². The number of carbonyl (C=O) groups excluding carboxylic acids is 2. The van der Waals surface area contributed by atoms with E-state index in [9.17, 15) is 9.59 Å². The number of aromatic nitrogens is 2. The first-order valence-corrected chi connectivity index (χ1v) is 9.13. The van der Waals surface area contributed by atoms with Gasteiger partial charge in [-0.05, 0) is 46.3 Å². The molecule has 2 heterocycles. The normalized spacial score (nSPS) is 16.6. The fraction of sp³-hybridized carbons (Fsp3) is 0.158. The number of anilines is 2. The average Bonchev–Trinajstić information content (AvgIpc) is 3.32. The fourth-order valence-electron chi connectivity index (χ4n) is 3.06. The molecule has 27 heavy (non-hydrogen) atoms. The highest BCUT2D eigenvalue weighted by molar-refractivity contribution is 9.10. The van der Waals surface area contributed by atoms with Crippen molar-refractivity contribution < 1.29 is 14.0 Å². The van der Waals surface area contributed by atoms with E-state index in [-0.39, 0.29) is 18.2 Å². The summed E-state index contributed by atoms with van der Waals surface area (Å²) >= 11 is 3.46. The first kappa shape index (κ1) is 17.4. The van der Waals surface area contributed by atoms with Gasteiger partial charge in [0.25, 0.3) is 0 Å². The molecule has 1 fully saturated rings. The summed E-state index contributed by atoms with van der Waals surface area (Å²) in [6.07, 6.45) is 1.43. The lowest BCUT2D eigenvalue weighted by Crippen LogP contribution is -2.28. The first-order chi connectivity index (χ1) is 13.1. The van der Waals surface area contributed by atoms with Crippen LogP contribution in [0.1, 0.15) is 6.42 Å². The molecule has 4 rings (SSSR count). The molecule has 1 atom stereocenters. The molecule has 2 aromatic carbocycles. The van der Waals surface area contributed by atoms with Crippen molar-refractivity contribution >= 4 is 39.1 Å². The van der Waals surface area contributed by atoms with Gasteiger partial charge in [0.2, 0.25) is 24.1 Å². The van der Waals surface area contributed by atoms with Gasteiger partial charge < -0.3 is 14.6 Å². The van der Waals surface area contributed by atoms with Crippen LogP contribution in [0.3, 0.4) is 0 Å². The number of nitrogens with zero attached hydrogens (tertiary/aromatic N) is 3. The number of amides is 2. The molecule has 1 aromatic heterocycles. The standard InChI is InChI=1S/C19H15BrN4O3/c20-15-6-1-2-7-16(15)24-10-13(9-17(24)25)18(26)22-14-5-3-4-12(8-14)19-23-21-11-27-19/h1-8,11,13H,9-10H2,(H,22,26)/t13-/m0/s1. The zero-order valence-electron chi connectivity index (χ0n) is 14.1. The second-order valence-electron chi connectivity index (χ2n) is 6.17. The number of hydrogen-bond donors (Lipinski definition) is 1. The van der Waals surface area contributed by atoms with Crippen molar-refractivity contribution in [3.8, 4) is 11.5 Å². The third kappa shape index (κ3) is 3.61. The maximum absolute atomic E-state index is 12.7. The van der Waals surface area contributed by atoms with E-state index in [0.29, 0.717) is 23.7 Å². The Bertz CT molecular complexity index is 990. The Morgan fingerprint density at radius 1 is 1.22 bits per heavy atom. The molecule has 0 unspecified atom stereocenters. The highest BCUT2D eigenvalue weighted by Crippen LogP contribution is 2.31. The van der Waals surface area contributed by atoms with Gasteiger partial charge in [0.1, 0.15) is 0 Å². The van der Waals surface area contributed by atoms with E-state index >= 15 is 0 Å². The highest BCUT2D eigenvalue weighted by Gasteiger charge is 2.35. The predicted molar refractivity (Wildman–Crippen MR) is 103 cm³/mol. The van der Waals surface area contributed by atoms with Gasteiger partial charge in [0.05, 0.1) is 11.6 Å². The Morgan fingerprint density at radius 3 is 2.85 bits per heavy atom. The molecule has 0 bridgehead atoms. The summed E-state index contributed by atoms with van der Waals surface area (Å²) in [6, 6.07) is 14.6. The number of nitrogens with one attached hydrogen (secondary N) is 1. The smallest absolute Gasteiger partial charge is 0.247 e. The van der Waals surface area contributed by atoms with Gasteiger partial charge in [-0.1, -0.05) is 18.2 Å². The minimum atomic E-state index is -0.420. The van der Waals surface area contributed by atoms with Gasteiger partial charge in [-0.15, -0.1) is 10.2 Å². The SMILES string of the molecule is O=C(Nc1cccc(-c2nnco2)c1)[C@H]1CC(=O)N(c2ccccc2Br)C1. The quantitative estimate of drug-likeness (QED) is 0.689. The maximum atomic E-state index is 12.7. The van der Waals surface area contributed by atoms with Crippen molar-refractivity contribution in [3.05, 3.63) is 59.4 Å². The summed E-state index contributed by atoms with van der Waals surface area (Å²) in [6.45, 7) is 0.344. The molecule has 0 spiro atoms. The Balaban J connectivity index is 1.47. The van der Waals surface area contributed by atoms with Crippen LogP contribution in [0.4, 0.5) is 11.4 Å². The van der Waals surface area contributed by atoms with Crippen LogP contribution in [-0.2, 0) is 9.59 Å². The Morgan fingerprint density at radius 2 is 2.07 bits per heavy atom. The van der Waals surface area contributed by atoms with Gasteiger partial charge in [-0.25, -0.2) is 0 Å². The third-order valence-electron chi connectivity index (χ3n) is 4.38. The lowest BCUT2D eigenvalue weighted by atomic mass is 10.1. The molecule has 7 nitrogen and oxygen atoms in total. The van der Waals surface area contributed by atoms with Crippen molar-refractivity contribution in [1.29, 1.82) is 0 Å². The second kappa shape index (κ2) is 7.32. The van der Waals surface area contributed by atoms with Crippen LogP contribution in [-0.4, -0.2) is 28.6 Å². The van der Waals surface area contributed by atoms with Crippen molar-refractivity contribution in [2.75, 3.05) is 16.8 Å². The van der Waals surface area contributed by atoms with Gasteiger partial charge in [-0.3, -0.25) is 9.59 Å². The molecule has 8 heteroatoms. The molecule has 0 radical (unpaired) electrons. The van der Waals surface area contributed by atoms with Crippen LogP contribution in [0.15, 0.2) is 63.8 Å². The molecule has 2 amide bonds. The molecule has 1 aliphatic heterocycles. The van der Waals surface area contributed by atoms with E-state index in [0.717, 1.165) is 10.2 Å². The van der Waals surface area contributed by atoms with E-state index in [1.807, 2.05) is 30.3 Å². The Kier molecular flexibility index (Phi) is 4.72. The summed E-state index contributed by atoms with van der Waals surface area (Å²) in [7, 11) is 0. The number of rotatable bonds is 4. The van der Waals surface area contributed by atoms with E-state index in [2.05, 4.69) is 31.4 Å².